The Labute approximate surface area is 417 Å². The topological polar surface area (TPSA) is 3.24 Å². The minimum atomic E-state index is -0.174. The van der Waals surface area contributed by atoms with E-state index in [1.54, 1.807) is 0 Å². The average Bonchev–Trinajstić information content (AvgIpc) is 3.92. The Morgan fingerprint density at radius 2 is 0.775 bits per heavy atom. The molecule has 0 saturated carbocycles. The Kier molecular flexibility index (Phi) is 9.49. The Bertz CT molecular complexity index is 4370. The second-order valence-electron chi connectivity index (χ2n) is 19.5. The van der Waals surface area contributed by atoms with Gasteiger partial charge in [0.1, 0.15) is 0 Å². The van der Waals surface area contributed by atoms with Crippen molar-refractivity contribution in [2.24, 2.45) is 0 Å². The van der Waals surface area contributed by atoms with E-state index in [2.05, 4.69) is 267 Å². The van der Waals surface area contributed by atoms with Gasteiger partial charge in [0, 0.05) is 42.5 Å². The first kappa shape index (κ1) is 41.4. The van der Waals surface area contributed by atoms with Crippen LogP contribution in [0.4, 0.5) is 17.1 Å². The van der Waals surface area contributed by atoms with E-state index in [0.29, 0.717) is 0 Å². The van der Waals surface area contributed by atoms with Gasteiger partial charge in [0.2, 0.25) is 0 Å². The Hall–Kier alpha value is -8.56. The van der Waals surface area contributed by atoms with Crippen molar-refractivity contribution in [3.8, 4) is 33.4 Å². The average molecular weight is 922 g/mol. The van der Waals surface area contributed by atoms with Crippen molar-refractivity contribution in [2.75, 3.05) is 4.90 Å². The number of thiophene rings is 1. The number of benzene rings is 11. The maximum atomic E-state index is 2.52. The molecule has 334 valence electrons. The van der Waals surface area contributed by atoms with Crippen LogP contribution in [-0.2, 0) is 5.41 Å². The standard InChI is InChI=1S/C69H47NS/c1-69(2)62-29-15-12-26-56(62)57-39-37-48(43-63(57)69)70(64-30-16-13-20-49(64)46-34-32-45(33-35-46)44-18-4-3-5-19-44)47-36-38-55-59-40-41-66-68(60-28-14-17-31-65(60)71-66)67(59)58-27-11-10-24-53(58)51-22-7-6-21-50(51)52-23-8-9-25-54(52)61(55)42-47/h3-43H,1-2H3. The second-order valence-corrected chi connectivity index (χ2v) is 20.6. The molecule has 0 unspecified atom stereocenters. The molecule has 12 aromatic carbocycles. The molecular formula is C69H47NS. The minimum Gasteiger partial charge on any atom is -0.310 e. The molecule has 0 N–H and O–H groups in total. The normalized spacial score (nSPS) is 12.8. The lowest BCUT2D eigenvalue weighted by Gasteiger charge is -2.30. The lowest BCUT2D eigenvalue weighted by molar-refractivity contribution is 0.660. The van der Waals surface area contributed by atoms with Gasteiger partial charge in [0.15, 0.2) is 0 Å². The summed E-state index contributed by atoms with van der Waals surface area (Å²) >= 11 is 1.88. The lowest BCUT2D eigenvalue weighted by atomic mass is 9.82. The highest BCUT2D eigenvalue weighted by Crippen LogP contribution is 2.52. The summed E-state index contributed by atoms with van der Waals surface area (Å²) in [6.07, 6.45) is 0. The van der Waals surface area contributed by atoms with Crippen molar-refractivity contribution < 1.29 is 0 Å². The van der Waals surface area contributed by atoms with Crippen LogP contribution in [0.3, 0.4) is 0 Å². The van der Waals surface area contributed by atoms with E-state index >= 15 is 0 Å². The molecule has 0 spiro atoms. The summed E-state index contributed by atoms with van der Waals surface area (Å²) in [4.78, 5) is 2.52. The highest BCUT2D eigenvalue weighted by Gasteiger charge is 2.36. The summed E-state index contributed by atoms with van der Waals surface area (Å²) in [5.74, 6) is 0. The first-order chi connectivity index (χ1) is 35.0. The highest BCUT2D eigenvalue weighted by atomic mass is 32.1. The van der Waals surface area contributed by atoms with E-state index in [9.17, 15) is 0 Å². The maximum absolute atomic E-state index is 2.52. The van der Waals surface area contributed by atoms with Gasteiger partial charge in [0.25, 0.3) is 0 Å². The highest BCUT2D eigenvalue weighted by molar-refractivity contribution is 7.26. The fraction of sp³-hybridized carbons (Fsp3) is 0.0435. The number of rotatable bonds is 5. The van der Waals surface area contributed by atoms with Crippen LogP contribution in [0.1, 0.15) is 25.0 Å². The summed E-state index contributed by atoms with van der Waals surface area (Å²) < 4.78 is 2.60. The van der Waals surface area contributed by atoms with E-state index in [1.165, 1.54) is 113 Å². The van der Waals surface area contributed by atoms with Crippen LogP contribution in [0.25, 0.3) is 107 Å². The number of anilines is 3. The van der Waals surface area contributed by atoms with Gasteiger partial charge >= 0.3 is 0 Å². The molecule has 1 heterocycles. The summed E-state index contributed by atoms with van der Waals surface area (Å²) in [6.45, 7) is 4.76. The first-order valence-corrected chi connectivity index (χ1v) is 25.5. The summed E-state index contributed by atoms with van der Waals surface area (Å²) in [6, 6.07) is 92.9. The van der Waals surface area contributed by atoms with Gasteiger partial charge < -0.3 is 4.90 Å². The van der Waals surface area contributed by atoms with E-state index < -0.39 is 0 Å². The zero-order valence-electron chi connectivity index (χ0n) is 39.5. The Balaban J connectivity index is 1.11. The third-order valence-corrected chi connectivity index (χ3v) is 16.4. The zero-order chi connectivity index (χ0) is 47.2. The fourth-order valence-electron chi connectivity index (χ4n) is 11.9. The molecule has 1 aliphatic carbocycles. The van der Waals surface area contributed by atoms with E-state index in [1.807, 2.05) is 11.3 Å². The van der Waals surface area contributed by atoms with Crippen molar-refractivity contribution in [3.63, 3.8) is 0 Å². The fourth-order valence-corrected chi connectivity index (χ4v) is 13.0. The van der Waals surface area contributed by atoms with Crippen LogP contribution in [0.2, 0.25) is 0 Å². The monoisotopic (exact) mass is 921 g/mol. The molecule has 1 aliphatic rings. The lowest BCUT2D eigenvalue weighted by Crippen LogP contribution is -2.16. The Morgan fingerprint density at radius 3 is 1.51 bits per heavy atom. The number of nitrogens with zero attached hydrogens (tertiary/aromatic N) is 1. The van der Waals surface area contributed by atoms with Crippen LogP contribution >= 0.6 is 11.3 Å². The molecule has 0 bridgehead atoms. The van der Waals surface area contributed by atoms with Crippen LogP contribution < -0.4 is 4.90 Å². The number of hydrogen-bond acceptors (Lipinski definition) is 2. The molecule has 0 amide bonds. The molecule has 14 rings (SSSR count). The molecule has 0 atom stereocenters. The van der Waals surface area contributed by atoms with Gasteiger partial charge in [-0.05, 0) is 135 Å². The van der Waals surface area contributed by atoms with Gasteiger partial charge in [-0.25, -0.2) is 0 Å². The largest absolute Gasteiger partial charge is 0.310 e. The van der Waals surface area contributed by atoms with Crippen LogP contribution in [0, 0.1) is 0 Å². The molecule has 0 radical (unpaired) electrons. The zero-order valence-corrected chi connectivity index (χ0v) is 40.3. The SMILES string of the molecule is CC1(C)c2ccccc2-c2ccc(N(c3ccc4c(c3)c3ccccc3c3ccccc3c3ccccc3c3c4ccc4sc5ccccc5c43)c3ccccc3-c3ccc(-c4ccccc4)cc3)cc21. The van der Waals surface area contributed by atoms with Gasteiger partial charge in [-0.2, -0.15) is 0 Å². The van der Waals surface area contributed by atoms with E-state index in [0.717, 1.165) is 22.6 Å². The smallest absolute Gasteiger partial charge is 0.0540 e. The molecule has 71 heavy (non-hydrogen) atoms. The first-order valence-electron chi connectivity index (χ1n) is 24.7. The number of hydrogen-bond donors (Lipinski definition) is 0. The quantitative estimate of drug-likeness (QED) is 0.166. The molecule has 1 nitrogen and oxygen atoms in total. The van der Waals surface area contributed by atoms with Crippen molar-refractivity contribution in [3.05, 3.63) is 260 Å². The number of fused-ring (bicyclic) bond motifs is 17. The molecule has 0 aliphatic heterocycles. The molecule has 0 fully saturated rings. The van der Waals surface area contributed by atoms with Crippen LogP contribution in [0.15, 0.2) is 249 Å². The third-order valence-electron chi connectivity index (χ3n) is 15.3. The minimum absolute atomic E-state index is 0.174. The predicted octanol–water partition coefficient (Wildman–Crippen LogP) is 20.1. The van der Waals surface area contributed by atoms with Crippen molar-refractivity contribution in [1.82, 2.24) is 0 Å². The third kappa shape index (κ3) is 6.52. The van der Waals surface area contributed by atoms with Gasteiger partial charge in [-0.3, -0.25) is 0 Å². The van der Waals surface area contributed by atoms with Gasteiger partial charge in [0.05, 0.1) is 5.69 Å². The van der Waals surface area contributed by atoms with Crippen molar-refractivity contribution in [2.45, 2.75) is 19.3 Å². The van der Waals surface area contributed by atoms with Crippen molar-refractivity contribution >= 4 is 102 Å². The summed E-state index contributed by atoms with van der Waals surface area (Å²) in [5, 5.41) is 14.9. The van der Waals surface area contributed by atoms with E-state index in [-0.39, 0.29) is 5.41 Å². The molecule has 1 aromatic heterocycles. The molecule has 13 aromatic rings. The predicted molar refractivity (Wildman–Crippen MR) is 308 cm³/mol. The summed E-state index contributed by atoms with van der Waals surface area (Å²) in [7, 11) is 0. The van der Waals surface area contributed by atoms with E-state index in [4.69, 9.17) is 0 Å². The van der Waals surface area contributed by atoms with Crippen LogP contribution in [-0.4, -0.2) is 0 Å². The Morgan fingerprint density at radius 1 is 0.296 bits per heavy atom. The molecule has 2 heteroatoms. The maximum Gasteiger partial charge on any atom is 0.0540 e. The second kappa shape index (κ2) is 16.3. The van der Waals surface area contributed by atoms with Gasteiger partial charge in [-0.15, -0.1) is 11.3 Å². The molecular weight excluding hydrogens is 875 g/mol. The number of para-hydroxylation sites is 1. The molecule has 0 saturated heterocycles. The van der Waals surface area contributed by atoms with Gasteiger partial charge in [-0.1, -0.05) is 220 Å². The van der Waals surface area contributed by atoms with Crippen LogP contribution in [0.5, 0.6) is 0 Å². The summed E-state index contributed by atoms with van der Waals surface area (Å²) in [5.41, 5.74) is 13.2. The van der Waals surface area contributed by atoms with Crippen molar-refractivity contribution in [1.29, 1.82) is 0 Å².